The fraction of sp³-hybridized carbons (Fsp3) is 1.00. The summed E-state index contributed by atoms with van der Waals surface area (Å²) in [5.74, 6) is 0. The van der Waals surface area contributed by atoms with Gasteiger partial charge in [-0.2, -0.15) is 0 Å². The fourth-order valence-electron chi connectivity index (χ4n) is 2.03. The van der Waals surface area contributed by atoms with Crippen LogP contribution in [-0.2, 0) is 9.47 Å². The van der Waals surface area contributed by atoms with Gasteiger partial charge in [-0.3, -0.25) is 0 Å². The van der Waals surface area contributed by atoms with E-state index in [-0.39, 0.29) is 0 Å². The number of methoxy groups -OCH3 is 1. The molecule has 4 heteroatoms. The zero-order valence-electron chi connectivity index (χ0n) is 10.3. The molecule has 0 aliphatic heterocycles. The fourth-order valence-corrected chi connectivity index (χ4v) is 2.03. The summed E-state index contributed by atoms with van der Waals surface area (Å²) < 4.78 is 10.1. The highest BCUT2D eigenvalue weighted by molar-refractivity contribution is 4.73. The Hall–Kier alpha value is -0.160. The van der Waals surface area contributed by atoms with Crippen molar-refractivity contribution in [2.45, 2.75) is 44.2 Å². The van der Waals surface area contributed by atoms with E-state index in [9.17, 15) is 5.11 Å². The first-order valence-corrected chi connectivity index (χ1v) is 6.31. The smallest absolute Gasteiger partial charge is 0.0897 e. The van der Waals surface area contributed by atoms with Gasteiger partial charge in [-0.15, -0.1) is 0 Å². The SMILES string of the molecule is COCCOCC(O)CNC1CCCCC1. The molecule has 0 bridgehead atoms. The van der Waals surface area contributed by atoms with Crippen molar-refractivity contribution in [3.05, 3.63) is 0 Å². The van der Waals surface area contributed by atoms with E-state index >= 15 is 0 Å². The van der Waals surface area contributed by atoms with Crippen LogP contribution in [0.1, 0.15) is 32.1 Å². The summed E-state index contributed by atoms with van der Waals surface area (Å²) in [5, 5.41) is 13.1. The summed E-state index contributed by atoms with van der Waals surface area (Å²) in [4.78, 5) is 0. The third kappa shape index (κ3) is 6.43. The second-order valence-corrected chi connectivity index (χ2v) is 4.46. The first kappa shape index (κ1) is 13.9. The van der Waals surface area contributed by atoms with Crippen molar-refractivity contribution in [3.8, 4) is 0 Å². The van der Waals surface area contributed by atoms with Gasteiger partial charge in [0, 0.05) is 19.7 Å². The van der Waals surface area contributed by atoms with Crippen LogP contribution in [0.2, 0.25) is 0 Å². The number of ether oxygens (including phenoxy) is 2. The minimum absolute atomic E-state index is 0.392. The van der Waals surface area contributed by atoms with Crippen molar-refractivity contribution >= 4 is 0 Å². The van der Waals surface area contributed by atoms with Crippen molar-refractivity contribution in [1.82, 2.24) is 5.32 Å². The Morgan fingerprint density at radius 1 is 1.25 bits per heavy atom. The van der Waals surface area contributed by atoms with Crippen LogP contribution >= 0.6 is 0 Å². The largest absolute Gasteiger partial charge is 0.389 e. The van der Waals surface area contributed by atoms with Crippen LogP contribution in [0.4, 0.5) is 0 Å². The molecule has 1 atom stereocenters. The van der Waals surface area contributed by atoms with Gasteiger partial charge in [0.1, 0.15) is 0 Å². The van der Waals surface area contributed by atoms with Crippen molar-refractivity contribution in [2.24, 2.45) is 0 Å². The van der Waals surface area contributed by atoms with Gasteiger partial charge in [0.15, 0.2) is 0 Å². The first-order valence-electron chi connectivity index (χ1n) is 6.31. The number of nitrogens with one attached hydrogen (secondary N) is 1. The van der Waals surface area contributed by atoms with Gasteiger partial charge in [0.05, 0.1) is 25.9 Å². The first-order chi connectivity index (χ1) is 7.83. The van der Waals surface area contributed by atoms with E-state index in [0.29, 0.717) is 32.4 Å². The van der Waals surface area contributed by atoms with E-state index in [1.807, 2.05) is 0 Å². The van der Waals surface area contributed by atoms with Crippen molar-refractivity contribution in [2.75, 3.05) is 33.5 Å². The maximum atomic E-state index is 9.65. The van der Waals surface area contributed by atoms with Gasteiger partial charge >= 0.3 is 0 Å². The Labute approximate surface area is 98.3 Å². The van der Waals surface area contributed by atoms with E-state index in [1.54, 1.807) is 7.11 Å². The van der Waals surface area contributed by atoms with Gasteiger partial charge < -0.3 is 19.9 Å². The molecule has 1 saturated carbocycles. The lowest BCUT2D eigenvalue weighted by Crippen LogP contribution is -2.38. The molecule has 1 aliphatic rings. The van der Waals surface area contributed by atoms with Gasteiger partial charge in [-0.1, -0.05) is 19.3 Å². The van der Waals surface area contributed by atoms with E-state index in [0.717, 1.165) is 0 Å². The number of hydrogen-bond acceptors (Lipinski definition) is 4. The molecule has 1 aliphatic carbocycles. The topological polar surface area (TPSA) is 50.7 Å². The molecule has 0 heterocycles. The molecule has 0 amide bonds. The quantitative estimate of drug-likeness (QED) is 0.610. The Morgan fingerprint density at radius 2 is 2.00 bits per heavy atom. The minimum Gasteiger partial charge on any atom is -0.389 e. The van der Waals surface area contributed by atoms with E-state index in [1.165, 1.54) is 32.1 Å². The molecule has 16 heavy (non-hydrogen) atoms. The van der Waals surface area contributed by atoms with Crippen LogP contribution in [0.3, 0.4) is 0 Å². The molecule has 0 radical (unpaired) electrons. The van der Waals surface area contributed by atoms with E-state index < -0.39 is 6.10 Å². The molecule has 0 spiro atoms. The summed E-state index contributed by atoms with van der Waals surface area (Å²) in [6.45, 7) is 2.17. The third-order valence-electron chi connectivity index (χ3n) is 2.99. The highest BCUT2D eigenvalue weighted by atomic mass is 16.5. The molecule has 2 N–H and O–H groups in total. The van der Waals surface area contributed by atoms with Gasteiger partial charge in [-0.05, 0) is 12.8 Å². The molecule has 1 unspecified atom stereocenters. The Bertz CT molecular complexity index is 160. The Balaban J connectivity index is 1.94. The van der Waals surface area contributed by atoms with Gasteiger partial charge in [0.25, 0.3) is 0 Å². The van der Waals surface area contributed by atoms with Crippen LogP contribution < -0.4 is 5.32 Å². The lowest BCUT2D eigenvalue weighted by atomic mass is 9.95. The molecule has 0 aromatic rings. The molecule has 1 rings (SSSR count). The van der Waals surface area contributed by atoms with Crippen LogP contribution in [0.25, 0.3) is 0 Å². The summed E-state index contributed by atoms with van der Waals surface area (Å²) >= 11 is 0. The van der Waals surface area contributed by atoms with E-state index in [2.05, 4.69) is 5.32 Å². The van der Waals surface area contributed by atoms with Gasteiger partial charge in [-0.25, -0.2) is 0 Å². The number of aliphatic hydroxyl groups excluding tert-OH is 1. The predicted molar refractivity (Wildman–Crippen MR) is 63.6 cm³/mol. The van der Waals surface area contributed by atoms with Crippen molar-refractivity contribution < 1.29 is 14.6 Å². The Kier molecular flexibility index (Phi) is 7.76. The molecule has 0 saturated heterocycles. The van der Waals surface area contributed by atoms with Crippen molar-refractivity contribution in [3.63, 3.8) is 0 Å². The summed E-state index contributed by atoms with van der Waals surface area (Å²) in [5.41, 5.74) is 0. The number of rotatable bonds is 8. The van der Waals surface area contributed by atoms with Crippen LogP contribution in [0.5, 0.6) is 0 Å². The van der Waals surface area contributed by atoms with Crippen LogP contribution in [-0.4, -0.2) is 50.7 Å². The normalized spacial score (nSPS) is 19.9. The molecular formula is C12H25NO3. The lowest BCUT2D eigenvalue weighted by Gasteiger charge is -2.24. The second-order valence-electron chi connectivity index (χ2n) is 4.46. The zero-order chi connectivity index (χ0) is 11.6. The summed E-state index contributed by atoms with van der Waals surface area (Å²) in [6.07, 6.45) is 6.09. The maximum Gasteiger partial charge on any atom is 0.0897 e. The molecule has 4 nitrogen and oxygen atoms in total. The minimum atomic E-state index is -0.404. The number of aliphatic hydroxyl groups is 1. The summed E-state index contributed by atoms with van der Waals surface area (Å²) in [7, 11) is 1.64. The maximum absolute atomic E-state index is 9.65. The molecule has 0 aromatic heterocycles. The molecular weight excluding hydrogens is 206 g/mol. The monoisotopic (exact) mass is 231 g/mol. The Morgan fingerprint density at radius 3 is 2.69 bits per heavy atom. The highest BCUT2D eigenvalue weighted by Gasteiger charge is 2.14. The molecule has 0 aromatic carbocycles. The van der Waals surface area contributed by atoms with Crippen LogP contribution in [0.15, 0.2) is 0 Å². The van der Waals surface area contributed by atoms with Gasteiger partial charge in [0.2, 0.25) is 0 Å². The van der Waals surface area contributed by atoms with Crippen LogP contribution in [0, 0.1) is 0 Å². The van der Waals surface area contributed by atoms with E-state index in [4.69, 9.17) is 9.47 Å². The van der Waals surface area contributed by atoms with Crippen molar-refractivity contribution in [1.29, 1.82) is 0 Å². The molecule has 96 valence electrons. The summed E-state index contributed by atoms with van der Waals surface area (Å²) in [6, 6.07) is 0.599. The average Bonchev–Trinajstić information content (AvgIpc) is 2.33. The zero-order valence-corrected chi connectivity index (χ0v) is 10.3. The number of hydrogen-bond donors (Lipinski definition) is 2. The lowest BCUT2D eigenvalue weighted by molar-refractivity contribution is 0.0125. The average molecular weight is 231 g/mol. The molecule has 1 fully saturated rings. The highest BCUT2D eigenvalue weighted by Crippen LogP contribution is 2.17. The second kappa shape index (κ2) is 8.93. The third-order valence-corrected chi connectivity index (χ3v) is 2.99. The predicted octanol–water partition coefficient (Wildman–Crippen LogP) is 0.933. The standard InChI is InChI=1S/C12H25NO3/c1-15-7-8-16-10-12(14)9-13-11-5-3-2-4-6-11/h11-14H,2-10H2,1H3.